The summed E-state index contributed by atoms with van der Waals surface area (Å²) in [6, 6.07) is 11.7. The summed E-state index contributed by atoms with van der Waals surface area (Å²) in [7, 11) is 0. The molecular formula is C19H20N2O3. The third-order valence-corrected chi connectivity index (χ3v) is 5.29. The van der Waals surface area contributed by atoms with E-state index in [1.165, 1.54) is 0 Å². The summed E-state index contributed by atoms with van der Waals surface area (Å²) in [6.07, 6.45) is 2.28. The second-order valence-corrected chi connectivity index (χ2v) is 6.79. The molecule has 0 saturated carbocycles. The van der Waals surface area contributed by atoms with Gasteiger partial charge < -0.3 is 14.7 Å². The van der Waals surface area contributed by atoms with Gasteiger partial charge in [0.15, 0.2) is 0 Å². The summed E-state index contributed by atoms with van der Waals surface area (Å²) in [5.74, 6) is 0.0378. The maximum absolute atomic E-state index is 12.3. The van der Waals surface area contributed by atoms with Gasteiger partial charge in [-0.15, -0.1) is 0 Å². The zero-order valence-electron chi connectivity index (χ0n) is 13.6. The number of ether oxygens (including phenoxy) is 1. The minimum Gasteiger partial charge on any atom is -0.493 e. The highest BCUT2D eigenvalue weighted by molar-refractivity contribution is 5.78. The summed E-state index contributed by atoms with van der Waals surface area (Å²) >= 11 is 0. The third-order valence-electron chi connectivity index (χ3n) is 5.29. The number of anilines is 1. The molecule has 2 aromatic rings. The van der Waals surface area contributed by atoms with Crippen molar-refractivity contribution in [2.45, 2.75) is 13.3 Å². The van der Waals surface area contributed by atoms with E-state index in [0.717, 1.165) is 22.7 Å². The van der Waals surface area contributed by atoms with Gasteiger partial charge in [0.1, 0.15) is 5.75 Å². The number of hydrogen-bond acceptors (Lipinski definition) is 4. The van der Waals surface area contributed by atoms with E-state index in [1.807, 2.05) is 43.3 Å². The van der Waals surface area contributed by atoms with Crippen LogP contribution in [0, 0.1) is 18.3 Å². The number of para-hydroxylation sites is 1. The van der Waals surface area contributed by atoms with E-state index < -0.39 is 11.4 Å². The first-order valence-corrected chi connectivity index (χ1v) is 8.20. The Labute approximate surface area is 140 Å². The van der Waals surface area contributed by atoms with Crippen LogP contribution in [0.3, 0.4) is 0 Å². The normalized spacial score (nSPS) is 25.4. The summed E-state index contributed by atoms with van der Waals surface area (Å²) in [6.45, 7) is 3.56. The van der Waals surface area contributed by atoms with E-state index in [4.69, 9.17) is 4.74 Å². The summed E-state index contributed by atoms with van der Waals surface area (Å²) in [4.78, 5) is 18.7. The molecule has 3 heterocycles. The Morgan fingerprint density at radius 2 is 2.21 bits per heavy atom. The van der Waals surface area contributed by atoms with Crippen molar-refractivity contribution in [3.05, 3.63) is 53.9 Å². The molecule has 5 heteroatoms. The molecule has 4 rings (SSSR count). The number of aliphatic carboxylic acids is 1. The van der Waals surface area contributed by atoms with Gasteiger partial charge in [-0.05, 0) is 37.1 Å². The van der Waals surface area contributed by atoms with Crippen LogP contribution in [0.4, 0.5) is 5.69 Å². The van der Waals surface area contributed by atoms with Crippen molar-refractivity contribution in [1.82, 2.24) is 4.98 Å². The topological polar surface area (TPSA) is 62.7 Å². The van der Waals surface area contributed by atoms with Gasteiger partial charge in [-0.2, -0.15) is 0 Å². The number of aryl methyl sites for hydroxylation is 1. The van der Waals surface area contributed by atoms with Gasteiger partial charge in [0.2, 0.25) is 0 Å². The van der Waals surface area contributed by atoms with Gasteiger partial charge in [0.05, 0.1) is 12.0 Å². The fourth-order valence-corrected chi connectivity index (χ4v) is 3.95. The average Bonchev–Trinajstić information content (AvgIpc) is 2.86. The number of pyridine rings is 1. The van der Waals surface area contributed by atoms with Crippen molar-refractivity contribution in [3.8, 4) is 5.75 Å². The highest BCUT2D eigenvalue weighted by Gasteiger charge is 2.54. The third kappa shape index (κ3) is 2.31. The molecule has 1 aromatic heterocycles. The number of benzene rings is 1. The number of nitrogens with zero attached hydrogens (tertiary/aromatic N) is 2. The summed E-state index contributed by atoms with van der Waals surface area (Å²) in [5.41, 5.74) is 2.13. The Kier molecular flexibility index (Phi) is 3.44. The maximum Gasteiger partial charge on any atom is 0.312 e. The number of carboxylic acids is 1. The summed E-state index contributed by atoms with van der Waals surface area (Å²) in [5, 5.41) is 10.1. The molecule has 2 atom stereocenters. The maximum atomic E-state index is 12.3. The van der Waals surface area contributed by atoms with Gasteiger partial charge in [0.25, 0.3) is 0 Å². The molecule has 5 nitrogen and oxygen atoms in total. The Morgan fingerprint density at radius 1 is 1.38 bits per heavy atom. The van der Waals surface area contributed by atoms with E-state index in [9.17, 15) is 9.90 Å². The predicted molar refractivity (Wildman–Crippen MR) is 90.4 cm³/mol. The van der Waals surface area contributed by atoms with Crippen LogP contribution in [0.25, 0.3) is 0 Å². The van der Waals surface area contributed by atoms with Gasteiger partial charge in [-0.3, -0.25) is 9.78 Å². The van der Waals surface area contributed by atoms with Crippen LogP contribution < -0.4 is 9.64 Å². The van der Waals surface area contributed by atoms with Gasteiger partial charge in [-0.1, -0.05) is 18.2 Å². The van der Waals surface area contributed by atoms with E-state index in [2.05, 4.69) is 9.88 Å². The molecule has 0 unspecified atom stereocenters. The minimum absolute atomic E-state index is 0.0455. The molecule has 1 fully saturated rings. The smallest absolute Gasteiger partial charge is 0.312 e. The molecule has 1 aromatic carbocycles. The first-order chi connectivity index (χ1) is 11.6. The van der Waals surface area contributed by atoms with Crippen molar-refractivity contribution in [1.29, 1.82) is 0 Å². The molecule has 0 aliphatic carbocycles. The first kappa shape index (κ1) is 15.0. The van der Waals surface area contributed by atoms with Gasteiger partial charge >= 0.3 is 5.97 Å². The molecule has 1 saturated heterocycles. The minimum atomic E-state index is -0.816. The number of aromatic nitrogens is 1. The lowest BCUT2D eigenvalue weighted by Crippen LogP contribution is -2.42. The number of fused-ring (bicyclic) bond motifs is 2. The Balaban J connectivity index is 1.72. The average molecular weight is 324 g/mol. The molecule has 1 N–H and O–H groups in total. The van der Waals surface area contributed by atoms with Crippen molar-refractivity contribution in [2.24, 2.45) is 11.3 Å². The largest absolute Gasteiger partial charge is 0.493 e. The molecule has 24 heavy (non-hydrogen) atoms. The van der Waals surface area contributed by atoms with E-state index in [0.29, 0.717) is 26.1 Å². The van der Waals surface area contributed by atoms with Crippen LogP contribution in [-0.2, 0) is 11.2 Å². The van der Waals surface area contributed by atoms with Crippen LogP contribution in [-0.4, -0.2) is 35.8 Å². The zero-order valence-corrected chi connectivity index (χ0v) is 13.6. The molecule has 0 spiro atoms. The van der Waals surface area contributed by atoms with E-state index in [1.54, 1.807) is 6.20 Å². The lowest BCUT2D eigenvalue weighted by Gasteiger charge is -2.27. The molecule has 0 amide bonds. The fourth-order valence-electron chi connectivity index (χ4n) is 3.95. The van der Waals surface area contributed by atoms with Gasteiger partial charge in [0, 0.05) is 36.6 Å². The van der Waals surface area contributed by atoms with Crippen LogP contribution in [0.2, 0.25) is 0 Å². The number of hydrogen-bond donors (Lipinski definition) is 1. The molecular weight excluding hydrogens is 304 g/mol. The van der Waals surface area contributed by atoms with Crippen LogP contribution >= 0.6 is 0 Å². The van der Waals surface area contributed by atoms with E-state index >= 15 is 0 Å². The molecule has 2 aliphatic rings. The SMILES string of the molecule is Cc1cc(N2C[C@@H]3COc4ccccc4C[C@]3(C(=O)O)C2)ccn1. The van der Waals surface area contributed by atoms with Crippen molar-refractivity contribution in [2.75, 3.05) is 24.6 Å². The fraction of sp³-hybridized carbons (Fsp3) is 0.368. The predicted octanol–water partition coefficient (Wildman–Crippen LogP) is 2.53. The molecule has 124 valence electrons. The molecule has 0 radical (unpaired) electrons. The van der Waals surface area contributed by atoms with Crippen molar-refractivity contribution < 1.29 is 14.6 Å². The van der Waals surface area contributed by atoms with Crippen LogP contribution in [0.1, 0.15) is 11.3 Å². The highest BCUT2D eigenvalue weighted by atomic mass is 16.5. The van der Waals surface area contributed by atoms with Crippen LogP contribution in [0.15, 0.2) is 42.6 Å². The monoisotopic (exact) mass is 324 g/mol. The number of carbonyl (C=O) groups is 1. The summed E-state index contributed by atoms with van der Waals surface area (Å²) < 4.78 is 5.94. The Bertz CT molecular complexity index is 792. The quantitative estimate of drug-likeness (QED) is 0.920. The Hall–Kier alpha value is -2.56. The van der Waals surface area contributed by atoms with Crippen molar-refractivity contribution in [3.63, 3.8) is 0 Å². The van der Waals surface area contributed by atoms with Gasteiger partial charge in [-0.25, -0.2) is 0 Å². The van der Waals surface area contributed by atoms with E-state index in [-0.39, 0.29) is 5.92 Å². The molecule has 0 bridgehead atoms. The van der Waals surface area contributed by atoms with Crippen LogP contribution in [0.5, 0.6) is 5.75 Å². The first-order valence-electron chi connectivity index (χ1n) is 8.20. The second-order valence-electron chi connectivity index (χ2n) is 6.79. The number of rotatable bonds is 2. The zero-order chi connectivity index (χ0) is 16.7. The number of carboxylic acid groups (broad SMARTS) is 1. The second kappa shape index (κ2) is 5.51. The van der Waals surface area contributed by atoms with Crippen molar-refractivity contribution >= 4 is 11.7 Å². The standard InChI is InChI=1S/C19H20N2O3/c1-13-8-16(6-7-20-13)21-10-15-11-24-17-5-3-2-4-14(17)9-19(15,12-21)18(22)23/h2-8,15H,9-12H2,1H3,(H,22,23)/t15-,19+/m1/s1. The molecule has 2 aliphatic heterocycles. The Morgan fingerprint density at radius 3 is 3.00 bits per heavy atom. The highest BCUT2D eigenvalue weighted by Crippen LogP contribution is 2.45. The lowest BCUT2D eigenvalue weighted by atomic mass is 9.74. The lowest BCUT2D eigenvalue weighted by molar-refractivity contribution is -0.150.